The van der Waals surface area contributed by atoms with Gasteiger partial charge in [0.1, 0.15) is 5.75 Å². The Bertz CT molecular complexity index is 441. The molecule has 1 aromatic rings. The Morgan fingerprint density at radius 3 is 2.65 bits per heavy atom. The second-order valence-corrected chi connectivity index (χ2v) is 4.79. The first-order chi connectivity index (χ1) is 9.34. The molecule has 0 spiro atoms. The van der Waals surface area contributed by atoms with Crippen LogP contribution in [0.1, 0.15) is 30.9 Å². The van der Waals surface area contributed by atoms with Gasteiger partial charge in [-0.1, -0.05) is 12.1 Å². The van der Waals surface area contributed by atoms with E-state index in [1.54, 1.807) is 19.1 Å². The predicted molar refractivity (Wildman–Crippen MR) is 73.7 cm³/mol. The SMILES string of the molecule is C=CCCCOc1ccc(CC(C)N)cc1C(F)(F)F. The molecular formula is C15H20F3NO. The molecule has 0 fully saturated rings. The van der Waals surface area contributed by atoms with Crippen molar-refractivity contribution in [1.82, 2.24) is 0 Å². The van der Waals surface area contributed by atoms with Crippen LogP contribution in [0, 0.1) is 0 Å². The molecule has 1 aromatic carbocycles. The lowest BCUT2D eigenvalue weighted by atomic mass is 10.0. The highest BCUT2D eigenvalue weighted by Crippen LogP contribution is 2.37. The highest BCUT2D eigenvalue weighted by Gasteiger charge is 2.34. The number of nitrogens with two attached hydrogens (primary N) is 1. The molecule has 0 amide bonds. The summed E-state index contributed by atoms with van der Waals surface area (Å²) < 4.78 is 44.3. The number of hydrogen-bond donors (Lipinski definition) is 1. The minimum atomic E-state index is -4.43. The van der Waals surface area contributed by atoms with Crippen LogP contribution in [-0.4, -0.2) is 12.6 Å². The fourth-order valence-corrected chi connectivity index (χ4v) is 1.83. The first kappa shape index (κ1) is 16.6. The van der Waals surface area contributed by atoms with Gasteiger partial charge in [-0.05, 0) is 43.9 Å². The van der Waals surface area contributed by atoms with Gasteiger partial charge in [0.15, 0.2) is 0 Å². The van der Waals surface area contributed by atoms with Crippen LogP contribution in [0.15, 0.2) is 30.9 Å². The summed E-state index contributed by atoms with van der Waals surface area (Å²) in [6.45, 7) is 5.55. The molecule has 5 heteroatoms. The highest BCUT2D eigenvalue weighted by atomic mass is 19.4. The van der Waals surface area contributed by atoms with Crippen molar-refractivity contribution in [2.45, 2.75) is 38.4 Å². The molecule has 1 atom stereocenters. The maximum atomic E-state index is 13.0. The fraction of sp³-hybridized carbons (Fsp3) is 0.467. The van der Waals surface area contributed by atoms with Gasteiger partial charge in [0.05, 0.1) is 12.2 Å². The lowest BCUT2D eigenvalue weighted by Crippen LogP contribution is -2.18. The van der Waals surface area contributed by atoms with Crippen LogP contribution in [0.4, 0.5) is 13.2 Å². The summed E-state index contributed by atoms with van der Waals surface area (Å²) in [5.74, 6) is -0.130. The average molecular weight is 287 g/mol. The van der Waals surface area contributed by atoms with E-state index in [0.717, 1.165) is 6.07 Å². The Balaban J connectivity index is 2.89. The van der Waals surface area contributed by atoms with E-state index in [0.29, 0.717) is 24.8 Å². The van der Waals surface area contributed by atoms with Gasteiger partial charge in [0.25, 0.3) is 0 Å². The van der Waals surface area contributed by atoms with Crippen molar-refractivity contribution in [3.63, 3.8) is 0 Å². The lowest BCUT2D eigenvalue weighted by Gasteiger charge is -2.16. The summed E-state index contributed by atoms with van der Waals surface area (Å²) in [5, 5.41) is 0. The maximum Gasteiger partial charge on any atom is 0.419 e. The van der Waals surface area contributed by atoms with E-state index in [4.69, 9.17) is 10.5 Å². The van der Waals surface area contributed by atoms with Crippen LogP contribution in [0.25, 0.3) is 0 Å². The molecule has 0 aliphatic heterocycles. The second-order valence-electron chi connectivity index (χ2n) is 4.79. The van der Waals surface area contributed by atoms with Gasteiger partial charge in [0.2, 0.25) is 0 Å². The zero-order chi connectivity index (χ0) is 15.2. The Morgan fingerprint density at radius 2 is 2.10 bits per heavy atom. The Morgan fingerprint density at radius 1 is 1.40 bits per heavy atom. The largest absolute Gasteiger partial charge is 0.493 e. The van der Waals surface area contributed by atoms with Crippen LogP contribution in [0.3, 0.4) is 0 Å². The quantitative estimate of drug-likeness (QED) is 0.609. The van der Waals surface area contributed by atoms with E-state index in [1.165, 1.54) is 6.07 Å². The number of hydrogen-bond acceptors (Lipinski definition) is 2. The van der Waals surface area contributed by atoms with Crippen molar-refractivity contribution >= 4 is 0 Å². The smallest absolute Gasteiger partial charge is 0.419 e. The number of alkyl halides is 3. The lowest BCUT2D eigenvalue weighted by molar-refractivity contribution is -0.139. The van der Waals surface area contributed by atoms with Crippen molar-refractivity contribution in [2.75, 3.05) is 6.61 Å². The predicted octanol–water partition coefficient (Wildman–Crippen LogP) is 3.94. The molecule has 1 unspecified atom stereocenters. The topological polar surface area (TPSA) is 35.2 Å². The molecule has 0 heterocycles. The number of unbranched alkanes of at least 4 members (excludes halogenated alkanes) is 1. The third-order valence-electron chi connectivity index (χ3n) is 2.72. The third-order valence-corrected chi connectivity index (χ3v) is 2.72. The standard InChI is InChI=1S/C15H20F3NO/c1-3-4-5-8-20-14-7-6-12(9-11(2)19)10-13(14)15(16,17)18/h3,6-7,10-11H,1,4-5,8-9,19H2,2H3. The van der Waals surface area contributed by atoms with Gasteiger partial charge in [-0.2, -0.15) is 13.2 Å². The maximum absolute atomic E-state index is 13.0. The molecule has 0 saturated heterocycles. The highest BCUT2D eigenvalue weighted by molar-refractivity contribution is 5.39. The molecule has 112 valence electrons. The summed E-state index contributed by atoms with van der Waals surface area (Å²) in [7, 11) is 0. The number of ether oxygens (including phenoxy) is 1. The van der Waals surface area contributed by atoms with Gasteiger partial charge >= 0.3 is 6.18 Å². The van der Waals surface area contributed by atoms with Crippen LogP contribution in [-0.2, 0) is 12.6 Å². The van der Waals surface area contributed by atoms with Crippen LogP contribution >= 0.6 is 0 Å². The first-order valence-electron chi connectivity index (χ1n) is 6.54. The van der Waals surface area contributed by atoms with Gasteiger partial charge in [-0.25, -0.2) is 0 Å². The summed E-state index contributed by atoms with van der Waals surface area (Å²) in [4.78, 5) is 0. The molecule has 0 radical (unpaired) electrons. The van der Waals surface area contributed by atoms with Crippen LogP contribution < -0.4 is 10.5 Å². The van der Waals surface area contributed by atoms with Crippen molar-refractivity contribution < 1.29 is 17.9 Å². The minimum absolute atomic E-state index is 0.130. The normalized spacial score (nSPS) is 13.1. The van der Waals surface area contributed by atoms with Gasteiger partial charge in [-0.3, -0.25) is 0 Å². The molecule has 0 saturated carbocycles. The summed E-state index contributed by atoms with van der Waals surface area (Å²) in [5.41, 5.74) is 5.43. The summed E-state index contributed by atoms with van der Waals surface area (Å²) >= 11 is 0. The van der Waals surface area contributed by atoms with E-state index < -0.39 is 11.7 Å². The van der Waals surface area contributed by atoms with E-state index in [9.17, 15) is 13.2 Å². The molecule has 0 aliphatic carbocycles. The second kappa shape index (κ2) is 7.33. The zero-order valence-electron chi connectivity index (χ0n) is 11.5. The molecule has 20 heavy (non-hydrogen) atoms. The summed E-state index contributed by atoms with van der Waals surface area (Å²) in [6, 6.07) is 3.93. The molecule has 0 aromatic heterocycles. The van der Waals surface area contributed by atoms with E-state index in [2.05, 4.69) is 6.58 Å². The van der Waals surface area contributed by atoms with E-state index in [-0.39, 0.29) is 18.4 Å². The first-order valence-corrected chi connectivity index (χ1v) is 6.54. The monoisotopic (exact) mass is 287 g/mol. The van der Waals surface area contributed by atoms with Crippen LogP contribution in [0.2, 0.25) is 0 Å². The molecule has 1 rings (SSSR count). The number of benzene rings is 1. The number of halogens is 3. The average Bonchev–Trinajstić information content (AvgIpc) is 2.34. The Labute approximate surface area is 117 Å². The summed E-state index contributed by atoms with van der Waals surface area (Å²) in [6.07, 6.45) is -0.965. The number of rotatable bonds is 7. The third kappa shape index (κ3) is 5.25. The van der Waals surface area contributed by atoms with Gasteiger partial charge < -0.3 is 10.5 Å². The van der Waals surface area contributed by atoms with Crippen LogP contribution in [0.5, 0.6) is 5.75 Å². The van der Waals surface area contributed by atoms with Crippen molar-refractivity contribution in [1.29, 1.82) is 0 Å². The Kier molecular flexibility index (Phi) is 6.07. The molecule has 0 bridgehead atoms. The van der Waals surface area contributed by atoms with E-state index >= 15 is 0 Å². The van der Waals surface area contributed by atoms with Crippen molar-refractivity contribution in [2.24, 2.45) is 5.73 Å². The molecule has 2 nitrogen and oxygen atoms in total. The molecule has 2 N–H and O–H groups in total. The fourth-order valence-electron chi connectivity index (χ4n) is 1.83. The zero-order valence-corrected chi connectivity index (χ0v) is 11.5. The van der Waals surface area contributed by atoms with Crippen molar-refractivity contribution in [3.8, 4) is 5.75 Å². The van der Waals surface area contributed by atoms with Crippen molar-refractivity contribution in [3.05, 3.63) is 42.0 Å². The van der Waals surface area contributed by atoms with Gasteiger partial charge in [0, 0.05) is 6.04 Å². The molecular weight excluding hydrogens is 267 g/mol. The number of allylic oxidation sites excluding steroid dienone is 1. The van der Waals surface area contributed by atoms with Gasteiger partial charge in [-0.15, -0.1) is 6.58 Å². The Hall–Kier alpha value is -1.49. The van der Waals surface area contributed by atoms with E-state index in [1.807, 2.05) is 0 Å². The minimum Gasteiger partial charge on any atom is -0.493 e. The molecule has 0 aliphatic rings.